The Balaban J connectivity index is 2.96. The van der Waals surface area contributed by atoms with Crippen LogP contribution >= 0.6 is 0 Å². The van der Waals surface area contributed by atoms with Gasteiger partial charge in [0.15, 0.2) is 0 Å². The summed E-state index contributed by atoms with van der Waals surface area (Å²) in [5.74, 6) is -0.693. The SMILES string of the molecule is CCOCC(C)OC(=O)c1cc(C)cc([N+](=O)[O-])c1N. The second-order valence-corrected chi connectivity index (χ2v) is 4.38. The van der Waals surface area contributed by atoms with Crippen LogP contribution in [0.1, 0.15) is 29.8 Å². The van der Waals surface area contributed by atoms with Crippen LogP contribution in [0.4, 0.5) is 11.4 Å². The first-order valence-corrected chi connectivity index (χ1v) is 6.20. The number of hydrogen-bond acceptors (Lipinski definition) is 6. The monoisotopic (exact) mass is 282 g/mol. The van der Waals surface area contributed by atoms with Crippen LogP contribution in [0.15, 0.2) is 12.1 Å². The van der Waals surface area contributed by atoms with Gasteiger partial charge >= 0.3 is 5.97 Å². The van der Waals surface area contributed by atoms with Gasteiger partial charge in [-0.05, 0) is 32.4 Å². The molecular formula is C13H18N2O5. The molecule has 0 aliphatic heterocycles. The number of benzene rings is 1. The van der Waals surface area contributed by atoms with Crippen LogP contribution in [0.3, 0.4) is 0 Å². The van der Waals surface area contributed by atoms with E-state index >= 15 is 0 Å². The molecule has 0 saturated carbocycles. The zero-order valence-corrected chi connectivity index (χ0v) is 11.7. The number of aryl methyl sites for hydroxylation is 1. The summed E-state index contributed by atoms with van der Waals surface area (Å²) in [6.07, 6.45) is -0.457. The van der Waals surface area contributed by atoms with Crippen LogP contribution in [-0.4, -0.2) is 30.2 Å². The molecule has 0 saturated heterocycles. The summed E-state index contributed by atoms with van der Waals surface area (Å²) >= 11 is 0. The molecule has 0 heterocycles. The number of nitrogens with two attached hydrogens (primary N) is 1. The molecule has 0 aliphatic carbocycles. The summed E-state index contributed by atoms with van der Waals surface area (Å²) in [5.41, 5.74) is 5.74. The number of ether oxygens (including phenoxy) is 2. The van der Waals surface area contributed by atoms with Crippen molar-refractivity contribution in [2.75, 3.05) is 18.9 Å². The highest BCUT2D eigenvalue weighted by Gasteiger charge is 2.22. The molecule has 1 unspecified atom stereocenters. The third-order valence-electron chi connectivity index (χ3n) is 2.58. The van der Waals surface area contributed by atoms with Gasteiger partial charge in [0.25, 0.3) is 5.69 Å². The second-order valence-electron chi connectivity index (χ2n) is 4.38. The molecule has 110 valence electrons. The predicted octanol–water partition coefficient (Wildman–Crippen LogP) is 2.07. The Kier molecular flexibility index (Phi) is 5.45. The molecule has 20 heavy (non-hydrogen) atoms. The van der Waals surface area contributed by atoms with Crippen molar-refractivity contribution in [3.63, 3.8) is 0 Å². The van der Waals surface area contributed by atoms with Crippen LogP contribution in [0.2, 0.25) is 0 Å². The van der Waals surface area contributed by atoms with Gasteiger partial charge in [-0.1, -0.05) is 0 Å². The number of anilines is 1. The maximum Gasteiger partial charge on any atom is 0.340 e. The normalized spacial score (nSPS) is 11.9. The Labute approximate surface area is 116 Å². The number of carbonyl (C=O) groups excluding carboxylic acids is 1. The summed E-state index contributed by atoms with van der Waals surface area (Å²) in [4.78, 5) is 22.2. The fourth-order valence-electron chi connectivity index (χ4n) is 1.66. The lowest BCUT2D eigenvalue weighted by Crippen LogP contribution is -2.21. The van der Waals surface area contributed by atoms with Crippen molar-refractivity contribution in [3.8, 4) is 0 Å². The van der Waals surface area contributed by atoms with Gasteiger partial charge in [-0.3, -0.25) is 10.1 Å². The maximum atomic E-state index is 12.0. The number of carbonyl (C=O) groups is 1. The van der Waals surface area contributed by atoms with Gasteiger partial charge in [0, 0.05) is 12.7 Å². The number of nitrogen functional groups attached to an aromatic ring is 1. The first-order chi connectivity index (χ1) is 9.36. The summed E-state index contributed by atoms with van der Waals surface area (Å²) in [6, 6.07) is 2.79. The molecule has 7 heteroatoms. The molecule has 1 aromatic rings. The lowest BCUT2D eigenvalue weighted by molar-refractivity contribution is -0.384. The average molecular weight is 282 g/mol. The molecule has 0 bridgehead atoms. The maximum absolute atomic E-state index is 12.0. The number of rotatable bonds is 6. The van der Waals surface area contributed by atoms with E-state index < -0.39 is 17.0 Å². The highest BCUT2D eigenvalue weighted by molar-refractivity contribution is 5.97. The van der Waals surface area contributed by atoms with E-state index in [0.29, 0.717) is 12.2 Å². The van der Waals surface area contributed by atoms with Crippen molar-refractivity contribution >= 4 is 17.3 Å². The molecule has 0 spiro atoms. The molecule has 0 radical (unpaired) electrons. The first kappa shape index (κ1) is 15.9. The van der Waals surface area contributed by atoms with Gasteiger partial charge in [0.05, 0.1) is 17.1 Å². The van der Waals surface area contributed by atoms with Crippen molar-refractivity contribution in [3.05, 3.63) is 33.4 Å². The van der Waals surface area contributed by atoms with E-state index in [1.54, 1.807) is 13.8 Å². The third-order valence-corrected chi connectivity index (χ3v) is 2.58. The van der Waals surface area contributed by atoms with E-state index in [2.05, 4.69) is 0 Å². The van der Waals surface area contributed by atoms with Gasteiger partial charge in [0.2, 0.25) is 0 Å². The molecule has 0 aromatic heterocycles. The minimum atomic E-state index is -0.693. The van der Waals surface area contributed by atoms with Crippen molar-refractivity contribution in [2.45, 2.75) is 26.9 Å². The van der Waals surface area contributed by atoms with E-state index in [-0.39, 0.29) is 23.5 Å². The van der Waals surface area contributed by atoms with Crippen molar-refractivity contribution in [1.82, 2.24) is 0 Å². The minimum absolute atomic E-state index is 0.0000449. The second kappa shape index (κ2) is 6.85. The first-order valence-electron chi connectivity index (χ1n) is 6.20. The van der Waals surface area contributed by atoms with Crippen LogP contribution in [0.5, 0.6) is 0 Å². The highest BCUT2D eigenvalue weighted by atomic mass is 16.6. The average Bonchev–Trinajstić information content (AvgIpc) is 2.38. The smallest absolute Gasteiger partial charge is 0.340 e. The van der Waals surface area contributed by atoms with Crippen LogP contribution in [-0.2, 0) is 9.47 Å². The van der Waals surface area contributed by atoms with Gasteiger partial charge < -0.3 is 15.2 Å². The molecule has 2 N–H and O–H groups in total. The Morgan fingerprint density at radius 1 is 1.50 bits per heavy atom. The standard InChI is InChI=1S/C13H18N2O5/c1-4-19-7-9(3)20-13(16)10-5-8(2)6-11(12(10)14)15(17)18/h5-6,9H,4,7,14H2,1-3H3. The Bertz CT molecular complexity index is 516. The van der Waals surface area contributed by atoms with Crippen molar-refractivity contribution in [1.29, 1.82) is 0 Å². The Hall–Kier alpha value is -2.15. The quantitative estimate of drug-likeness (QED) is 0.370. The summed E-state index contributed by atoms with van der Waals surface area (Å²) < 4.78 is 10.3. The largest absolute Gasteiger partial charge is 0.457 e. The zero-order valence-electron chi connectivity index (χ0n) is 11.7. The summed E-state index contributed by atoms with van der Waals surface area (Å²) in [6.45, 7) is 5.92. The van der Waals surface area contributed by atoms with Gasteiger partial charge in [0.1, 0.15) is 11.8 Å². The van der Waals surface area contributed by atoms with Crippen LogP contribution in [0.25, 0.3) is 0 Å². The van der Waals surface area contributed by atoms with E-state index in [1.165, 1.54) is 12.1 Å². The minimum Gasteiger partial charge on any atom is -0.457 e. The van der Waals surface area contributed by atoms with Gasteiger partial charge in [-0.25, -0.2) is 4.79 Å². The number of nitro benzene ring substituents is 1. The number of nitrogens with zero attached hydrogens (tertiary/aromatic N) is 1. The number of esters is 1. The molecule has 1 atom stereocenters. The number of hydrogen-bond donors (Lipinski definition) is 1. The molecule has 0 aliphatic rings. The Morgan fingerprint density at radius 3 is 2.70 bits per heavy atom. The van der Waals surface area contributed by atoms with E-state index in [1.807, 2.05) is 6.92 Å². The van der Waals surface area contributed by atoms with Gasteiger partial charge in [-0.2, -0.15) is 0 Å². The van der Waals surface area contributed by atoms with E-state index in [4.69, 9.17) is 15.2 Å². The van der Waals surface area contributed by atoms with E-state index in [9.17, 15) is 14.9 Å². The lowest BCUT2D eigenvalue weighted by Gasteiger charge is -2.14. The molecule has 7 nitrogen and oxygen atoms in total. The summed E-state index contributed by atoms with van der Waals surface area (Å²) in [5, 5.41) is 10.9. The molecular weight excluding hydrogens is 264 g/mol. The Morgan fingerprint density at radius 2 is 2.15 bits per heavy atom. The summed E-state index contributed by atoms with van der Waals surface area (Å²) in [7, 11) is 0. The fourth-order valence-corrected chi connectivity index (χ4v) is 1.66. The predicted molar refractivity (Wildman–Crippen MR) is 73.6 cm³/mol. The van der Waals surface area contributed by atoms with E-state index in [0.717, 1.165) is 0 Å². The molecule has 1 aromatic carbocycles. The van der Waals surface area contributed by atoms with Crippen LogP contribution in [0, 0.1) is 17.0 Å². The third kappa shape index (κ3) is 3.92. The molecule has 0 fully saturated rings. The number of nitro groups is 1. The molecule has 0 amide bonds. The van der Waals surface area contributed by atoms with Crippen molar-refractivity contribution in [2.24, 2.45) is 0 Å². The zero-order chi connectivity index (χ0) is 15.3. The molecule has 1 rings (SSSR count). The van der Waals surface area contributed by atoms with Gasteiger partial charge in [-0.15, -0.1) is 0 Å². The lowest BCUT2D eigenvalue weighted by atomic mass is 10.1. The highest BCUT2D eigenvalue weighted by Crippen LogP contribution is 2.27. The topological polar surface area (TPSA) is 105 Å². The van der Waals surface area contributed by atoms with Crippen LogP contribution < -0.4 is 5.73 Å². The van der Waals surface area contributed by atoms with Crippen molar-refractivity contribution < 1.29 is 19.2 Å². The fraction of sp³-hybridized carbons (Fsp3) is 0.462.